The van der Waals surface area contributed by atoms with Crippen LogP contribution in [0, 0.1) is 0 Å². The Morgan fingerprint density at radius 1 is 0.964 bits per heavy atom. The van der Waals surface area contributed by atoms with Crippen LogP contribution in [0.1, 0.15) is 30.0 Å². The van der Waals surface area contributed by atoms with Gasteiger partial charge in [0.25, 0.3) is 0 Å². The van der Waals surface area contributed by atoms with Gasteiger partial charge in [0, 0.05) is 38.6 Å². The summed E-state index contributed by atoms with van der Waals surface area (Å²) >= 11 is 0. The molecule has 1 atom stereocenters. The molecule has 7 heteroatoms. The molecular weight excluding hydrogens is 389 g/mol. The van der Waals surface area contributed by atoms with Crippen LogP contribution in [-0.2, 0) is 6.61 Å². The molecule has 1 saturated heterocycles. The maximum absolute atomic E-state index is 12.8. The fourth-order valence-corrected chi connectivity index (χ4v) is 3.38. The van der Waals surface area contributed by atoms with E-state index in [-0.39, 0.29) is 24.9 Å². The van der Waals surface area contributed by atoms with Crippen molar-refractivity contribution in [1.82, 2.24) is 10.2 Å². The highest BCUT2D eigenvalue weighted by molar-refractivity contribution is 5.85. The van der Waals surface area contributed by atoms with Gasteiger partial charge in [-0.1, -0.05) is 42.5 Å². The van der Waals surface area contributed by atoms with E-state index in [2.05, 4.69) is 10.2 Å². The van der Waals surface area contributed by atoms with Gasteiger partial charge in [0.2, 0.25) is 0 Å². The fourth-order valence-electron chi connectivity index (χ4n) is 3.38. The van der Waals surface area contributed by atoms with Crippen molar-refractivity contribution in [2.75, 3.05) is 26.2 Å². The van der Waals surface area contributed by atoms with Crippen molar-refractivity contribution in [3.63, 3.8) is 0 Å². The molecule has 2 aromatic rings. The lowest BCUT2D eigenvalue weighted by Gasteiger charge is -2.35. The third-order valence-electron chi connectivity index (χ3n) is 4.81. The van der Waals surface area contributed by atoms with Gasteiger partial charge in [-0.05, 0) is 29.7 Å². The molecule has 1 heterocycles. The number of benzene rings is 2. The molecule has 1 N–H and O–H groups in total. The zero-order valence-corrected chi connectivity index (χ0v) is 16.4. The van der Waals surface area contributed by atoms with E-state index in [1.807, 2.05) is 54.6 Å². The summed E-state index contributed by atoms with van der Waals surface area (Å²) in [5.41, 5.74) is 1.98. The summed E-state index contributed by atoms with van der Waals surface area (Å²) in [6.07, 6.45) is -4.83. The van der Waals surface area contributed by atoms with Crippen molar-refractivity contribution in [3.05, 3.63) is 65.7 Å². The predicted molar refractivity (Wildman–Crippen MR) is 107 cm³/mol. The van der Waals surface area contributed by atoms with Crippen molar-refractivity contribution < 1.29 is 17.9 Å². The predicted octanol–water partition coefficient (Wildman–Crippen LogP) is 4.98. The van der Waals surface area contributed by atoms with E-state index >= 15 is 0 Å². The van der Waals surface area contributed by atoms with Crippen molar-refractivity contribution in [2.45, 2.75) is 31.7 Å². The molecule has 0 aliphatic carbocycles. The Balaban J connectivity index is 0.00000280. The first-order valence-electron chi connectivity index (χ1n) is 9.29. The Labute approximate surface area is 170 Å². The Bertz CT molecular complexity index is 689. The highest BCUT2D eigenvalue weighted by Gasteiger charge is 2.31. The van der Waals surface area contributed by atoms with Crippen molar-refractivity contribution in [3.8, 4) is 5.75 Å². The molecule has 1 fully saturated rings. The number of ether oxygens (including phenoxy) is 1. The molecule has 1 aliphatic rings. The second-order valence-electron chi connectivity index (χ2n) is 6.80. The van der Waals surface area contributed by atoms with Crippen LogP contribution in [-0.4, -0.2) is 37.3 Å². The number of piperazine rings is 1. The Morgan fingerprint density at radius 3 is 2.21 bits per heavy atom. The van der Waals surface area contributed by atoms with Gasteiger partial charge in [-0.15, -0.1) is 12.4 Å². The quantitative estimate of drug-likeness (QED) is 0.691. The van der Waals surface area contributed by atoms with Crippen LogP contribution in [0.3, 0.4) is 0 Å². The van der Waals surface area contributed by atoms with Gasteiger partial charge >= 0.3 is 6.18 Å². The van der Waals surface area contributed by atoms with E-state index in [0.29, 0.717) is 6.61 Å². The topological polar surface area (TPSA) is 24.5 Å². The Kier molecular flexibility index (Phi) is 8.60. The zero-order chi connectivity index (χ0) is 19.1. The van der Waals surface area contributed by atoms with Gasteiger partial charge in [0.1, 0.15) is 12.4 Å². The van der Waals surface area contributed by atoms with Gasteiger partial charge in [-0.2, -0.15) is 13.2 Å². The zero-order valence-electron chi connectivity index (χ0n) is 15.6. The monoisotopic (exact) mass is 414 g/mol. The van der Waals surface area contributed by atoms with Crippen molar-refractivity contribution in [2.24, 2.45) is 0 Å². The van der Waals surface area contributed by atoms with E-state index in [0.717, 1.165) is 43.1 Å². The maximum atomic E-state index is 12.8. The van der Waals surface area contributed by atoms with Gasteiger partial charge < -0.3 is 10.1 Å². The highest BCUT2D eigenvalue weighted by Crippen LogP contribution is 2.32. The lowest BCUT2D eigenvalue weighted by Crippen LogP contribution is -2.45. The Morgan fingerprint density at radius 2 is 1.61 bits per heavy atom. The second-order valence-corrected chi connectivity index (χ2v) is 6.80. The minimum absolute atomic E-state index is 0. The molecule has 2 aromatic carbocycles. The number of hydrogen-bond donors (Lipinski definition) is 1. The lowest BCUT2D eigenvalue weighted by atomic mass is 9.99. The van der Waals surface area contributed by atoms with E-state index < -0.39 is 12.6 Å². The Hall–Kier alpha value is -1.76. The molecule has 0 spiro atoms. The summed E-state index contributed by atoms with van der Waals surface area (Å²) in [5, 5.41) is 3.25. The molecule has 3 rings (SSSR count). The highest BCUT2D eigenvalue weighted by atomic mass is 35.5. The van der Waals surface area contributed by atoms with Crippen molar-refractivity contribution in [1.29, 1.82) is 0 Å². The van der Waals surface area contributed by atoms with Gasteiger partial charge in [-0.3, -0.25) is 4.90 Å². The summed E-state index contributed by atoms with van der Waals surface area (Å²) in [7, 11) is 0. The summed E-state index contributed by atoms with van der Waals surface area (Å²) in [4.78, 5) is 2.14. The molecule has 3 nitrogen and oxygen atoms in total. The number of halogens is 4. The van der Waals surface area contributed by atoms with E-state index in [9.17, 15) is 13.2 Å². The number of nitrogens with zero attached hydrogens (tertiary/aromatic N) is 1. The molecule has 0 aromatic heterocycles. The van der Waals surface area contributed by atoms with Crippen LogP contribution in [0.4, 0.5) is 13.2 Å². The average Bonchev–Trinajstić information content (AvgIpc) is 2.68. The van der Waals surface area contributed by atoms with Crippen LogP contribution in [0.2, 0.25) is 0 Å². The summed E-state index contributed by atoms with van der Waals surface area (Å²) in [6, 6.07) is 17.1. The summed E-state index contributed by atoms with van der Waals surface area (Å²) in [5.74, 6) is 0.720. The average molecular weight is 415 g/mol. The third-order valence-corrected chi connectivity index (χ3v) is 4.81. The minimum Gasteiger partial charge on any atom is -0.489 e. The van der Waals surface area contributed by atoms with Gasteiger partial charge in [0.05, 0.1) is 0 Å². The molecule has 0 unspecified atom stereocenters. The largest absolute Gasteiger partial charge is 0.489 e. The maximum Gasteiger partial charge on any atom is 0.389 e. The number of alkyl halides is 3. The van der Waals surface area contributed by atoms with Gasteiger partial charge in [-0.25, -0.2) is 0 Å². The van der Waals surface area contributed by atoms with Crippen LogP contribution in [0.15, 0.2) is 54.6 Å². The normalized spacial score (nSPS) is 16.2. The van der Waals surface area contributed by atoms with E-state index in [1.54, 1.807) is 0 Å². The van der Waals surface area contributed by atoms with Crippen molar-refractivity contribution >= 4 is 12.4 Å². The van der Waals surface area contributed by atoms with E-state index in [1.165, 1.54) is 0 Å². The van der Waals surface area contributed by atoms with Crippen LogP contribution in [0.5, 0.6) is 5.75 Å². The molecule has 0 saturated carbocycles. The molecular formula is C21H26ClF3N2O. The first-order chi connectivity index (χ1) is 13.0. The lowest BCUT2D eigenvalue weighted by molar-refractivity contribution is -0.138. The SMILES string of the molecule is Cl.FC(F)(F)CC[C@@H](c1ccc(OCc2ccccc2)cc1)N1CCNCC1. The number of nitrogens with one attached hydrogen (secondary N) is 1. The molecule has 1 aliphatic heterocycles. The minimum atomic E-state index is -4.13. The summed E-state index contributed by atoms with van der Waals surface area (Å²) < 4.78 is 44.1. The smallest absolute Gasteiger partial charge is 0.389 e. The first-order valence-corrected chi connectivity index (χ1v) is 9.29. The molecule has 0 radical (unpaired) electrons. The van der Waals surface area contributed by atoms with E-state index in [4.69, 9.17) is 4.74 Å². The van der Waals surface area contributed by atoms with Crippen LogP contribution >= 0.6 is 12.4 Å². The number of hydrogen-bond acceptors (Lipinski definition) is 3. The molecule has 28 heavy (non-hydrogen) atoms. The number of rotatable bonds is 7. The van der Waals surface area contributed by atoms with Gasteiger partial charge in [0.15, 0.2) is 0 Å². The standard InChI is InChI=1S/C21H25F3N2O.ClH/c22-21(23,24)11-10-20(26-14-12-25-13-15-26)18-6-8-19(9-7-18)27-16-17-4-2-1-3-5-17;/h1-9,20,25H,10-16H2;1H/t20-;/m0./s1. The molecule has 154 valence electrons. The fraction of sp³-hybridized carbons (Fsp3) is 0.429. The summed E-state index contributed by atoms with van der Waals surface area (Å²) in [6.45, 7) is 3.60. The first kappa shape index (κ1) is 22.5. The molecule has 0 amide bonds. The van der Waals surface area contributed by atoms with Crippen LogP contribution in [0.25, 0.3) is 0 Å². The molecule has 0 bridgehead atoms. The second kappa shape index (κ2) is 10.7. The third kappa shape index (κ3) is 7.00. The van der Waals surface area contributed by atoms with Crippen LogP contribution < -0.4 is 10.1 Å².